The molecule has 1 aliphatic heterocycles. The number of guanidine groups is 1. The molecule has 0 aliphatic carbocycles. The number of nitrogens with zero attached hydrogens (tertiary/aromatic N) is 2. The average molecular weight is 361 g/mol. The molecule has 1 saturated heterocycles. The summed E-state index contributed by atoms with van der Waals surface area (Å²) >= 11 is 0. The SMILES string of the molecule is C=S(NC1(C)CCOCC1)c1ccc2c(O)cnc(N=C(N)N)c2c1. The zero-order chi connectivity index (χ0) is 18.0. The monoisotopic (exact) mass is 361 g/mol. The van der Waals surface area contributed by atoms with Gasteiger partial charge in [-0.25, -0.2) is 4.98 Å². The van der Waals surface area contributed by atoms with E-state index in [1.807, 2.05) is 18.2 Å². The van der Waals surface area contributed by atoms with Gasteiger partial charge in [-0.3, -0.25) is 4.72 Å². The van der Waals surface area contributed by atoms with Gasteiger partial charge in [-0.15, -0.1) is 0 Å². The van der Waals surface area contributed by atoms with Crippen LogP contribution in [-0.4, -0.2) is 40.7 Å². The zero-order valence-corrected chi connectivity index (χ0v) is 15.0. The van der Waals surface area contributed by atoms with Crippen LogP contribution in [0.15, 0.2) is 34.3 Å². The molecule has 8 heteroatoms. The van der Waals surface area contributed by atoms with E-state index in [9.17, 15) is 5.11 Å². The van der Waals surface area contributed by atoms with Crippen LogP contribution < -0.4 is 16.2 Å². The van der Waals surface area contributed by atoms with E-state index < -0.39 is 10.7 Å². The highest BCUT2D eigenvalue weighted by atomic mass is 32.2. The Balaban J connectivity index is 1.97. The summed E-state index contributed by atoms with van der Waals surface area (Å²) in [5.74, 6) is 4.66. The largest absolute Gasteiger partial charge is 0.506 e. The molecule has 1 fully saturated rings. The summed E-state index contributed by atoms with van der Waals surface area (Å²) < 4.78 is 9.06. The molecule has 1 unspecified atom stereocenters. The third kappa shape index (κ3) is 3.92. The molecule has 1 aliphatic rings. The van der Waals surface area contributed by atoms with Gasteiger partial charge in [-0.2, -0.15) is 4.99 Å². The van der Waals surface area contributed by atoms with Crippen LogP contribution in [0.4, 0.5) is 5.82 Å². The molecule has 25 heavy (non-hydrogen) atoms. The fourth-order valence-electron chi connectivity index (χ4n) is 2.84. The molecule has 3 rings (SSSR count). The molecule has 0 radical (unpaired) electrons. The van der Waals surface area contributed by atoms with Gasteiger partial charge in [-0.05, 0) is 38.0 Å². The summed E-state index contributed by atoms with van der Waals surface area (Å²) in [7, 11) is -0.430. The molecular weight excluding hydrogens is 338 g/mol. The number of aliphatic imine (C=N–C) groups is 1. The lowest BCUT2D eigenvalue weighted by Gasteiger charge is -2.35. The minimum absolute atomic E-state index is 0.00217. The maximum atomic E-state index is 10.0. The topological polar surface area (TPSA) is 119 Å². The quantitative estimate of drug-likeness (QED) is 0.376. The first-order valence-corrected chi connectivity index (χ1v) is 9.38. The van der Waals surface area contributed by atoms with Crippen LogP contribution in [0.5, 0.6) is 5.75 Å². The van der Waals surface area contributed by atoms with Crippen molar-refractivity contribution in [3.05, 3.63) is 24.4 Å². The van der Waals surface area contributed by atoms with E-state index in [1.165, 1.54) is 6.20 Å². The number of pyridine rings is 1. The summed E-state index contributed by atoms with van der Waals surface area (Å²) in [5, 5.41) is 11.4. The van der Waals surface area contributed by atoms with Crippen LogP contribution in [0.1, 0.15) is 19.8 Å². The molecule has 2 heterocycles. The third-order valence-corrected chi connectivity index (χ3v) is 5.86. The summed E-state index contributed by atoms with van der Waals surface area (Å²) in [6.07, 6.45) is 3.23. The van der Waals surface area contributed by atoms with E-state index in [2.05, 4.69) is 27.5 Å². The predicted molar refractivity (Wildman–Crippen MR) is 103 cm³/mol. The van der Waals surface area contributed by atoms with E-state index in [-0.39, 0.29) is 17.2 Å². The summed E-state index contributed by atoms with van der Waals surface area (Å²) in [6, 6.07) is 5.72. The van der Waals surface area contributed by atoms with Crippen LogP contribution in [0, 0.1) is 0 Å². The Morgan fingerprint density at radius 1 is 1.36 bits per heavy atom. The molecule has 6 N–H and O–H groups in total. The van der Waals surface area contributed by atoms with E-state index in [0.717, 1.165) is 31.0 Å². The Labute approximate surface area is 149 Å². The number of fused-ring (bicyclic) bond motifs is 1. The lowest BCUT2D eigenvalue weighted by atomic mass is 9.94. The zero-order valence-electron chi connectivity index (χ0n) is 14.2. The molecule has 1 aromatic heterocycles. The number of benzene rings is 1. The molecule has 0 saturated carbocycles. The van der Waals surface area contributed by atoms with Crippen LogP contribution in [-0.2, 0) is 4.74 Å². The molecule has 1 aromatic carbocycles. The highest BCUT2D eigenvalue weighted by Crippen LogP contribution is 2.36. The van der Waals surface area contributed by atoms with Gasteiger partial charge in [0, 0.05) is 34.4 Å². The highest BCUT2D eigenvalue weighted by Gasteiger charge is 2.27. The van der Waals surface area contributed by atoms with E-state index in [0.29, 0.717) is 16.6 Å². The number of ether oxygens (including phenoxy) is 1. The van der Waals surface area contributed by atoms with E-state index in [1.54, 1.807) is 0 Å². The van der Waals surface area contributed by atoms with Crippen molar-refractivity contribution in [2.45, 2.75) is 30.2 Å². The molecule has 7 nitrogen and oxygen atoms in total. The number of hydrogen-bond donors (Lipinski definition) is 4. The second-order valence-corrected chi connectivity index (χ2v) is 7.83. The minimum atomic E-state index is -0.430. The maximum absolute atomic E-state index is 10.0. The Bertz CT molecular complexity index is 842. The Morgan fingerprint density at radius 3 is 2.76 bits per heavy atom. The number of hydrogen-bond acceptors (Lipinski definition) is 5. The molecule has 2 aromatic rings. The molecule has 0 amide bonds. The number of rotatable bonds is 4. The Kier molecular flexibility index (Phi) is 4.94. The van der Waals surface area contributed by atoms with Gasteiger partial charge in [0.05, 0.1) is 6.20 Å². The van der Waals surface area contributed by atoms with Crippen molar-refractivity contribution >= 4 is 39.1 Å². The van der Waals surface area contributed by atoms with Gasteiger partial charge >= 0.3 is 0 Å². The van der Waals surface area contributed by atoms with Crippen molar-refractivity contribution in [2.24, 2.45) is 16.5 Å². The van der Waals surface area contributed by atoms with Gasteiger partial charge < -0.3 is 21.3 Å². The number of aromatic hydroxyl groups is 1. The van der Waals surface area contributed by atoms with Crippen molar-refractivity contribution in [1.29, 1.82) is 0 Å². The summed E-state index contributed by atoms with van der Waals surface area (Å²) in [5.41, 5.74) is 11.0. The van der Waals surface area contributed by atoms with Gasteiger partial charge in [-0.1, -0.05) is 16.5 Å². The van der Waals surface area contributed by atoms with E-state index >= 15 is 0 Å². The summed E-state index contributed by atoms with van der Waals surface area (Å²) in [4.78, 5) is 9.18. The fraction of sp³-hybridized carbons (Fsp3) is 0.353. The van der Waals surface area contributed by atoms with Crippen LogP contribution in [0.2, 0.25) is 0 Å². The standard InChI is InChI=1S/C17H23N5O2S/c1-17(5-7-24-8-6-17)22-25(2)11-3-4-12-13(9-11)15(21-16(18)19)20-10-14(12)23/h3-4,9-10,22-23H,2,5-8H2,1H3,(H4,18,19,20,21). The second-order valence-electron chi connectivity index (χ2n) is 6.38. The summed E-state index contributed by atoms with van der Waals surface area (Å²) in [6.45, 7) is 3.70. The number of nitrogens with one attached hydrogen (secondary N) is 1. The lowest BCUT2D eigenvalue weighted by Crippen LogP contribution is -2.43. The van der Waals surface area contributed by atoms with Gasteiger partial charge in [0.2, 0.25) is 0 Å². The van der Waals surface area contributed by atoms with E-state index in [4.69, 9.17) is 16.2 Å². The maximum Gasteiger partial charge on any atom is 0.192 e. The number of aromatic nitrogens is 1. The van der Waals surface area contributed by atoms with Crippen LogP contribution in [0.3, 0.4) is 0 Å². The first kappa shape index (κ1) is 17.7. The molecule has 0 spiro atoms. The van der Waals surface area contributed by atoms with Crippen LogP contribution in [0.25, 0.3) is 10.8 Å². The first-order valence-electron chi connectivity index (χ1n) is 7.99. The normalized spacial score (nSPS) is 18.0. The average Bonchev–Trinajstić information content (AvgIpc) is 2.57. The van der Waals surface area contributed by atoms with Gasteiger partial charge in [0.1, 0.15) is 5.75 Å². The van der Waals surface area contributed by atoms with Gasteiger partial charge in [0.15, 0.2) is 11.8 Å². The third-order valence-electron chi connectivity index (χ3n) is 4.30. The first-order chi connectivity index (χ1) is 11.9. The molecule has 1 atom stereocenters. The van der Waals surface area contributed by atoms with Crippen molar-refractivity contribution in [2.75, 3.05) is 13.2 Å². The smallest absolute Gasteiger partial charge is 0.192 e. The molecule has 0 bridgehead atoms. The molecular formula is C17H23N5O2S. The van der Waals surface area contributed by atoms with Gasteiger partial charge in [0.25, 0.3) is 0 Å². The van der Waals surface area contributed by atoms with Crippen LogP contribution >= 0.6 is 10.7 Å². The Hall–Kier alpha value is -2.16. The fourth-order valence-corrected chi connectivity index (χ4v) is 4.25. The molecule has 134 valence electrons. The van der Waals surface area contributed by atoms with Crippen molar-refractivity contribution in [3.63, 3.8) is 0 Å². The van der Waals surface area contributed by atoms with Crippen molar-refractivity contribution in [3.8, 4) is 5.75 Å². The lowest BCUT2D eigenvalue weighted by molar-refractivity contribution is 0.0546. The van der Waals surface area contributed by atoms with Crippen molar-refractivity contribution < 1.29 is 9.84 Å². The van der Waals surface area contributed by atoms with Crippen molar-refractivity contribution in [1.82, 2.24) is 9.71 Å². The Morgan fingerprint density at radius 2 is 2.08 bits per heavy atom. The minimum Gasteiger partial charge on any atom is -0.506 e. The highest BCUT2D eigenvalue weighted by molar-refractivity contribution is 8.12. The second kappa shape index (κ2) is 6.99. The number of nitrogens with two attached hydrogens (primary N) is 2. The predicted octanol–water partition coefficient (Wildman–Crippen LogP) is 1.98.